The first-order valence-electron chi connectivity index (χ1n) is 10.1. The Morgan fingerprint density at radius 2 is 1.90 bits per heavy atom. The maximum atomic E-state index is 13.0. The predicted molar refractivity (Wildman–Crippen MR) is 116 cm³/mol. The molecule has 0 radical (unpaired) electrons. The van der Waals surface area contributed by atoms with Crippen LogP contribution in [0.25, 0.3) is 0 Å². The van der Waals surface area contributed by atoms with E-state index in [4.69, 9.17) is 0 Å². The van der Waals surface area contributed by atoms with Crippen LogP contribution in [-0.2, 0) is 24.1 Å². The summed E-state index contributed by atoms with van der Waals surface area (Å²) in [6.07, 6.45) is 4.23. The Kier molecular flexibility index (Phi) is 6.37. The first kappa shape index (κ1) is 19.8. The quantitative estimate of drug-likeness (QED) is 0.580. The van der Waals surface area contributed by atoms with E-state index in [-0.39, 0.29) is 24.3 Å². The summed E-state index contributed by atoms with van der Waals surface area (Å²) < 4.78 is 13.0. The van der Waals surface area contributed by atoms with E-state index < -0.39 is 0 Å². The van der Waals surface area contributed by atoms with Gasteiger partial charge in [-0.1, -0.05) is 36.4 Å². The van der Waals surface area contributed by atoms with Gasteiger partial charge in [-0.15, -0.1) is 11.3 Å². The van der Waals surface area contributed by atoms with Crippen LogP contribution in [0, 0.1) is 5.82 Å². The Hall–Kier alpha value is -2.50. The molecule has 1 atom stereocenters. The monoisotopic (exact) mass is 408 g/mol. The van der Waals surface area contributed by atoms with Gasteiger partial charge >= 0.3 is 0 Å². The summed E-state index contributed by atoms with van der Waals surface area (Å²) >= 11 is 1.70. The number of carbonyl (C=O) groups excluding carboxylic acids is 1. The van der Waals surface area contributed by atoms with Crippen LogP contribution in [0.1, 0.15) is 39.6 Å². The summed E-state index contributed by atoms with van der Waals surface area (Å²) in [5, 5.41) is 8.45. The largest absolute Gasteiger partial charge is 0.355 e. The standard InChI is InChI=1S/C24H25FN2OS/c25-21-10-6-17(7-11-21)12-13-26-23(28)16-27-24(22-5-2-14-29-22)20-9-8-18-3-1-4-19(18)15-20/h2,5-11,14-15,24,27H,1,3-4,12-13,16H2,(H,26,28). The molecule has 0 fully saturated rings. The van der Waals surface area contributed by atoms with E-state index in [1.54, 1.807) is 23.5 Å². The number of carbonyl (C=O) groups is 1. The number of nitrogens with one attached hydrogen (secondary N) is 2. The molecule has 1 heterocycles. The van der Waals surface area contributed by atoms with Crippen molar-refractivity contribution in [2.75, 3.05) is 13.1 Å². The van der Waals surface area contributed by atoms with Gasteiger partial charge in [0.05, 0.1) is 12.6 Å². The Morgan fingerprint density at radius 3 is 2.69 bits per heavy atom. The Balaban J connectivity index is 1.34. The van der Waals surface area contributed by atoms with Gasteiger partial charge in [0, 0.05) is 11.4 Å². The third-order valence-electron chi connectivity index (χ3n) is 5.40. The average molecular weight is 409 g/mol. The van der Waals surface area contributed by atoms with E-state index in [1.807, 2.05) is 6.07 Å². The zero-order valence-corrected chi connectivity index (χ0v) is 17.1. The van der Waals surface area contributed by atoms with Gasteiger partial charge in [-0.3, -0.25) is 10.1 Å². The first-order valence-corrected chi connectivity index (χ1v) is 11.0. The molecule has 3 aromatic rings. The molecule has 1 aliphatic rings. The summed E-state index contributed by atoms with van der Waals surface area (Å²) in [6, 6.07) is 17.3. The smallest absolute Gasteiger partial charge is 0.233 e. The fraction of sp³-hybridized carbons (Fsp3) is 0.292. The van der Waals surface area contributed by atoms with Gasteiger partial charge < -0.3 is 5.32 Å². The molecule has 0 saturated carbocycles. The number of aryl methyl sites for hydroxylation is 2. The van der Waals surface area contributed by atoms with Crippen molar-refractivity contribution in [3.8, 4) is 0 Å². The van der Waals surface area contributed by atoms with Gasteiger partial charge in [-0.05, 0) is 71.5 Å². The van der Waals surface area contributed by atoms with Crippen LogP contribution in [0.5, 0.6) is 0 Å². The number of halogens is 1. The summed E-state index contributed by atoms with van der Waals surface area (Å²) in [6.45, 7) is 0.789. The minimum Gasteiger partial charge on any atom is -0.355 e. The minimum absolute atomic E-state index is 0.0174. The van der Waals surface area contributed by atoms with Crippen LogP contribution in [0.3, 0.4) is 0 Å². The van der Waals surface area contributed by atoms with Gasteiger partial charge in [0.25, 0.3) is 0 Å². The lowest BCUT2D eigenvalue weighted by atomic mass is 10.00. The second-order valence-corrected chi connectivity index (χ2v) is 8.42. The third kappa shape index (κ3) is 5.11. The van der Waals surface area contributed by atoms with Gasteiger partial charge in [-0.25, -0.2) is 4.39 Å². The van der Waals surface area contributed by atoms with Crippen molar-refractivity contribution >= 4 is 17.2 Å². The van der Waals surface area contributed by atoms with E-state index in [2.05, 4.69) is 40.3 Å². The van der Waals surface area contributed by atoms with Crippen LogP contribution >= 0.6 is 11.3 Å². The Morgan fingerprint density at radius 1 is 1.07 bits per heavy atom. The molecular weight excluding hydrogens is 383 g/mol. The normalized spacial score (nSPS) is 13.8. The van der Waals surface area contributed by atoms with Crippen LogP contribution in [0.15, 0.2) is 60.0 Å². The highest BCUT2D eigenvalue weighted by atomic mass is 32.1. The van der Waals surface area contributed by atoms with Gasteiger partial charge in [-0.2, -0.15) is 0 Å². The first-order chi connectivity index (χ1) is 14.2. The molecule has 5 heteroatoms. The lowest BCUT2D eigenvalue weighted by Gasteiger charge is -2.19. The maximum Gasteiger partial charge on any atom is 0.233 e. The number of benzene rings is 2. The van der Waals surface area contributed by atoms with Gasteiger partial charge in [0.15, 0.2) is 0 Å². The molecule has 1 unspecified atom stereocenters. The topological polar surface area (TPSA) is 41.1 Å². The summed E-state index contributed by atoms with van der Waals surface area (Å²) in [5.74, 6) is -0.275. The van der Waals surface area contributed by atoms with Crippen molar-refractivity contribution < 1.29 is 9.18 Å². The summed E-state index contributed by atoms with van der Waals surface area (Å²) in [7, 11) is 0. The molecule has 1 amide bonds. The maximum absolute atomic E-state index is 13.0. The van der Waals surface area contributed by atoms with Crippen LogP contribution in [0.4, 0.5) is 4.39 Å². The average Bonchev–Trinajstić information content (AvgIpc) is 3.41. The fourth-order valence-electron chi connectivity index (χ4n) is 3.86. The second kappa shape index (κ2) is 9.33. The summed E-state index contributed by atoms with van der Waals surface area (Å²) in [5.41, 5.74) is 5.12. The van der Waals surface area contributed by atoms with E-state index in [1.165, 1.54) is 46.5 Å². The van der Waals surface area contributed by atoms with Crippen molar-refractivity contribution in [1.82, 2.24) is 10.6 Å². The summed E-state index contributed by atoms with van der Waals surface area (Å²) in [4.78, 5) is 13.6. The number of hydrogen-bond donors (Lipinski definition) is 2. The SMILES string of the molecule is O=C(CNC(c1ccc2c(c1)CCC2)c1cccs1)NCCc1ccc(F)cc1. The third-order valence-corrected chi connectivity index (χ3v) is 6.34. The molecule has 1 aromatic heterocycles. The van der Waals surface area contributed by atoms with E-state index >= 15 is 0 Å². The molecule has 29 heavy (non-hydrogen) atoms. The fourth-order valence-corrected chi connectivity index (χ4v) is 4.69. The van der Waals surface area contributed by atoms with Gasteiger partial charge in [0.1, 0.15) is 5.82 Å². The van der Waals surface area contributed by atoms with Crippen molar-refractivity contribution in [2.24, 2.45) is 0 Å². The van der Waals surface area contributed by atoms with E-state index in [0.29, 0.717) is 13.0 Å². The Labute approximate surface area is 175 Å². The second-order valence-electron chi connectivity index (χ2n) is 7.44. The van der Waals surface area contributed by atoms with Crippen molar-refractivity contribution in [3.05, 3.63) is 92.9 Å². The molecule has 0 bridgehead atoms. The molecule has 3 nitrogen and oxygen atoms in total. The van der Waals surface area contributed by atoms with Crippen LogP contribution in [-0.4, -0.2) is 19.0 Å². The highest BCUT2D eigenvalue weighted by molar-refractivity contribution is 7.10. The molecule has 2 N–H and O–H groups in total. The molecule has 0 spiro atoms. The zero-order chi connectivity index (χ0) is 20.1. The van der Waals surface area contributed by atoms with Crippen molar-refractivity contribution in [3.63, 3.8) is 0 Å². The molecule has 0 aliphatic heterocycles. The number of hydrogen-bond acceptors (Lipinski definition) is 3. The Bertz CT molecular complexity index is 954. The highest BCUT2D eigenvalue weighted by Crippen LogP contribution is 2.30. The number of fused-ring (bicyclic) bond motifs is 1. The number of amides is 1. The number of thiophene rings is 1. The molecule has 4 rings (SSSR count). The predicted octanol–water partition coefficient (Wildman–Crippen LogP) is 4.41. The van der Waals surface area contributed by atoms with Crippen LogP contribution < -0.4 is 10.6 Å². The lowest BCUT2D eigenvalue weighted by molar-refractivity contribution is -0.120. The van der Waals surface area contributed by atoms with E-state index in [0.717, 1.165) is 12.0 Å². The lowest BCUT2D eigenvalue weighted by Crippen LogP contribution is -2.36. The van der Waals surface area contributed by atoms with Crippen molar-refractivity contribution in [2.45, 2.75) is 31.7 Å². The van der Waals surface area contributed by atoms with Gasteiger partial charge in [0.2, 0.25) is 5.91 Å². The number of rotatable bonds is 8. The zero-order valence-electron chi connectivity index (χ0n) is 16.3. The molecule has 0 saturated heterocycles. The molecule has 2 aromatic carbocycles. The minimum atomic E-state index is -0.242. The molecule has 150 valence electrons. The van der Waals surface area contributed by atoms with E-state index in [9.17, 15) is 9.18 Å². The van der Waals surface area contributed by atoms with Crippen molar-refractivity contribution in [1.29, 1.82) is 0 Å². The molecule has 1 aliphatic carbocycles. The highest BCUT2D eigenvalue weighted by Gasteiger charge is 2.19. The molecular formula is C24H25FN2OS. The van der Waals surface area contributed by atoms with Crippen LogP contribution in [0.2, 0.25) is 0 Å².